The molecule has 3 rings (SSSR count). The Hall–Kier alpha value is -3.08. The number of aromatic carboxylic acids is 1. The summed E-state index contributed by atoms with van der Waals surface area (Å²) in [6, 6.07) is 11.6. The number of carbonyl (C=O) groups excluding carboxylic acids is 1. The molecule has 1 heterocycles. The molecular weight excluding hydrogens is 308 g/mol. The summed E-state index contributed by atoms with van der Waals surface area (Å²) < 4.78 is 11.0. The van der Waals surface area contributed by atoms with Gasteiger partial charge >= 0.3 is 5.63 Å². The standard InChI is InChI=1S/C19H16O5/c1-11-12(2)19(22)24-17-9-15(7-8-16(11)17)23-10-13-3-5-14(6-4-13)18(20)21/h3-9H,10H2,1-2H3,(H,20,21)/p-1. The highest BCUT2D eigenvalue weighted by Gasteiger charge is 2.08. The highest BCUT2D eigenvalue weighted by Crippen LogP contribution is 2.24. The van der Waals surface area contributed by atoms with Gasteiger partial charge in [-0.25, -0.2) is 4.79 Å². The van der Waals surface area contributed by atoms with Crippen LogP contribution in [0, 0.1) is 13.8 Å². The van der Waals surface area contributed by atoms with Gasteiger partial charge in [0, 0.05) is 17.0 Å². The molecule has 5 heteroatoms. The monoisotopic (exact) mass is 323 g/mol. The third kappa shape index (κ3) is 3.01. The van der Waals surface area contributed by atoms with Crippen molar-refractivity contribution in [1.29, 1.82) is 0 Å². The topological polar surface area (TPSA) is 79.6 Å². The predicted molar refractivity (Wildman–Crippen MR) is 87.1 cm³/mol. The van der Waals surface area contributed by atoms with Crippen LogP contribution in [0.25, 0.3) is 11.0 Å². The molecule has 0 saturated heterocycles. The Labute approximate surface area is 138 Å². The molecule has 2 aromatic carbocycles. The summed E-state index contributed by atoms with van der Waals surface area (Å²) in [7, 11) is 0. The molecule has 0 aliphatic heterocycles. The largest absolute Gasteiger partial charge is 0.545 e. The molecule has 0 atom stereocenters. The fourth-order valence-electron chi connectivity index (χ4n) is 2.42. The normalized spacial score (nSPS) is 10.8. The zero-order valence-electron chi connectivity index (χ0n) is 13.3. The molecular formula is C19H15O5-. The molecule has 0 radical (unpaired) electrons. The van der Waals surface area contributed by atoms with E-state index in [1.807, 2.05) is 19.1 Å². The Morgan fingerprint density at radius 2 is 1.79 bits per heavy atom. The SMILES string of the molecule is Cc1c(C)c2ccc(OCc3ccc(C(=O)[O-])cc3)cc2oc1=O. The molecule has 0 aliphatic carbocycles. The van der Waals surface area contributed by atoms with Gasteiger partial charge in [0.1, 0.15) is 17.9 Å². The molecule has 24 heavy (non-hydrogen) atoms. The quantitative estimate of drug-likeness (QED) is 0.689. The Balaban J connectivity index is 1.81. The van der Waals surface area contributed by atoms with E-state index in [0.717, 1.165) is 16.5 Å². The lowest BCUT2D eigenvalue weighted by Gasteiger charge is -2.09. The van der Waals surface area contributed by atoms with Gasteiger partial charge in [0.25, 0.3) is 0 Å². The van der Waals surface area contributed by atoms with Crippen LogP contribution in [0.2, 0.25) is 0 Å². The first-order chi connectivity index (χ1) is 11.5. The van der Waals surface area contributed by atoms with E-state index in [1.54, 1.807) is 25.1 Å². The first-order valence-corrected chi connectivity index (χ1v) is 7.43. The lowest BCUT2D eigenvalue weighted by Crippen LogP contribution is -2.22. The van der Waals surface area contributed by atoms with E-state index in [9.17, 15) is 14.7 Å². The summed E-state index contributed by atoms with van der Waals surface area (Å²) >= 11 is 0. The van der Waals surface area contributed by atoms with Crippen LogP contribution in [-0.4, -0.2) is 5.97 Å². The number of benzene rings is 2. The van der Waals surface area contributed by atoms with Gasteiger partial charge in [-0.3, -0.25) is 0 Å². The number of carboxylic acids is 1. The van der Waals surface area contributed by atoms with Gasteiger partial charge in [0.05, 0.1) is 5.97 Å². The van der Waals surface area contributed by atoms with Crippen LogP contribution in [0.15, 0.2) is 51.7 Å². The van der Waals surface area contributed by atoms with Crippen LogP contribution in [0.3, 0.4) is 0 Å². The predicted octanol–water partition coefficient (Wildman–Crippen LogP) is 2.35. The lowest BCUT2D eigenvalue weighted by molar-refractivity contribution is -0.255. The maximum absolute atomic E-state index is 11.8. The van der Waals surface area contributed by atoms with Crippen molar-refractivity contribution in [1.82, 2.24) is 0 Å². The van der Waals surface area contributed by atoms with Crippen molar-refractivity contribution in [2.24, 2.45) is 0 Å². The Bertz CT molecular complexity index is 967. The lowest BCUT2D eigenvalue weighted by atomic mass is 10.1. The molecule has 122 valence electrons. The Morgan fingerprint density at radius 1 is 1.08 bits per heavy atom. The number of hydrogen-bond donors (Lipinski definition) is 0. The smallest absolute Gasteiger partial charge is 0.339 e. The maximum atomic E-state index is 11.8. The summed E-state index contributed by atoms with van der Waals surface area (Å²) in [6.45, 7) is 3.89. The van der Waals surface area contributed by atoms with Crippen LogP contribution in [0.1, 0.15) is 27.0 Å². The minimum Gasteiger partial charge on any atom is -0.545 e. The van der Waals surface area contributed by atoms with Crippen LogP contribution in [0.5, 0.6) is 5.75 Å². The Morgan fingerprint density at radius 3 is 2.46 bits per heavy atom. The van der Waals surface area contributed by atoms with Gasteiger partial charge in [0.2, 0.25) is 0 Å². The van der Waals surface area contributed by atoms with E-state index in [-0.39, 0.29) is 17.8 Å². The van der Waals surface area contributed by atoms with E-state index >= 15 is 0 Å². The maximum Gasteiger partial charge on any atom is 0.339 e. The second-order valence-electron chi connectivity index (χ2n) is 5.57. The first-order valence-electron chi connectivity index (χ1n) is 7.43. The van der Waals surface area contributed by atoms with Crippen LogP contribution in [-0.2, 0) is 6.61 Å². The third-order valence-electron chi connectivity index (χ3n) is 4.02. The van der Waals surface area contributed by atoms with Crippen molar-refractivity contribution < 1.29 is 19.1 Å². The fraction of sp³-hybridized carbons (Fsp3) is 0.158. The van der Waals surface area contributed by atoms with E-state index < -0.39 is 5.97 Å². The number of ether oxygens (including phenoxy) is 1. The molecule has 0 aliphatic rings. The van der Waals surface area contributed by atoms with E-state index in [1.165, 1.54) is 12.1 Å². The van der Waals surface area contributed by atoms with Crippen LogP contribution in [0.4, 0.5) is 0 Å². The van der Waals surface area contributed by atoms with Gasteiger partial charge in [-0.1, -0.05) is 24.3 Å². The molecule has 0 spiro atoms. The minimum absolute atomic E-state index is 0.122. The molecule has 1 aromatic heterocycles. The zero-order valence-corrected chi connectivity index (χ0v) is 13.3. The average Bonchev–Trinajstić information content (AvgIpc) is 2.58. The first kappa shape index (κ1) is 15.8. The van der Waals surface area contributed by atoms with Crippen molar-refractivity contribution in [3.8, 4) is 5.75 Å². The van der Waals surface area contributed by atoms with E-state index in [2.05, 4.69) is 0 Å². The molecule has 0 bridgehead atoms. The number of rotatable bonds is 4. The summed E-state index contributed by atoms with van der Waals surface area (Å²) in [5, 5.41) is 11.6. The second kappa shape index (κ2) is 6.20. The van der Waals surface area contributed by atoms with Crippen molar-refractivity contribution in [3.63, 3.8) is 0 Å². The van der Waals surface area contributed by atoms with Gasteiger partial charge < -0.3 is 19.1 Å². The number of carboxylic acid groups (broad SMARTS) is 1. The number of aryl methyl sites for hydroxylation is 1. The van der Waals surface area contributed by atoms with E-state index in [0.29, 0.717) is 16.9 Å². The summed E-state index contributed by atoms with van der Waals surface area (Å²) in [4.78, 5) is 22.5. The van der Waals surface area contributed by atoms with Crippen LogP contribution < -0.4 is 15.5 Å². The van der Waals surface area contributed by atoms with Crippen molar-refractivity contribution in [2.75, 3.05) is 0 Å². The Kier molecular flexibility index (Phi) is 4.08. The molecule has 0 amide bonds. The second-order valence-corrected chi connectivity index (χ2v) is 5.57. The molecule has 0 fully saturated rings. The molecule has 5 nitrogen and oxygen atoms in total. The number of carbonyl (C=O) groups is 1. The van der Waals surface area contributed by atoms with Gasteiger partial charge in [-0.2, -0.15) is 0 Å². The van der Waals surface area contributed by atoms with E-state index in [4.69, 9.17) is 9.15 Å². The third-order valence-corrected chi connectivity index (χ3v) is 4.02. The molecule has 0 N–H and O–H groups in total. The molecule has 0 unspecified atom stereocenters. The van der Waals surface area contributed by atoms with Crippen LogP contribution >= 0.6 is 0 Å². The minimum atomic E-state index is -1.21. The van der Waals surface area contributed by atoms with Crippen molar-refractivity contribution >= 4 is 16.9 Å². The molecule has 0 saturated carbocycles. The average molecular weight is 323 g/mol. The zero-order chi connectivity index (χ0) is 17.3. The fourth-order valence-corrected chi connectivity index (χ4v) is 2.42. The van der Waals surface area contributed by atoms with Gasteiger partial charge in [0.15, 0.2) is 0 Å². The number of fused-ring (bicyclic) bond motifs is 1. The van der Waals surface area contributed by atoms with Gasteiger partial charge in [-0.15, -0.1) is 0 Å². The molecule has 3 aromatic rings. The summed E-state index contributed by atoms with van der Waals surface area (Å²) in [5.41, 5.74) is 2.57. The summed E-state index contributed by atoms with van der Waals surface area (Å²) in [5.74, 6) is -0.643. The highest BCUT2D eigenvalue weighted by atomic mass is 16.5. The van der Waals surface area contributed by atoms with Crippen molar-refractivity contribution in [3.05, 3.63) is 75.1 Å². The summed E-state index contributed by atoms with van der Waals surface area (Å²) in [6.07, 6.45) is 0. The number of hydrogen-bond acceptors (Lipinski definition) is 5. The van der Waals surface area contributed by atoms with Gasteiger partial charge in [-0.05, 0) is 42.7 Å². The highest BCUT2D eigenvalue weighted by molar-refractivity contribution is 5.85. The van der Waals surface area contributed by atoms with Crippen molar-refractivity contribution in [2.45, 2.75) is 20.5 Å².